The van der Waals surface area contributed by atoms with Crippen LogP contribution in [-0.4, -0.2) is 16.6 Å². The quantitative estimate of drug-likeness (QED) is 0.576. The van der Waals surface area contributed by atoms with Gasteiger partial charge < -0.3 is 14.7 Å². The van der Waals surface area contributed by atoms with E-state index >= 15 is 0 Å². The predicted octanol–water partition coefficient (Wildman–Crippen LogP) is 3.58. The van der Waals surface area contributed by atoms with E-state index in [2.05, 4.69) is 16.5 Å². The van der Waals surface area contributed by atoms with E-state index < -0.39 is 11.1 Å². The number of aromatic nitrogens is 2. The first-order valence-electron chi connectivity index (χ1n) is 11.3. The Bertz CT molecular complexity index is 1230. The molecule has 0 amide bonds. The maximum Gasteiger partial charge on any atom is 0.262 e. The van der Waals surface area contributed by atoms with Crippen LogP contribution in [0.1, 0.15) is 56.9 Å². The van der Waals surface area contributed by atoms with E-state index in [9.17, 15) is 9.59 Å². The average Bonchev–Trinajstić information content (AvgIpc) is 2.77. The SMILES string of the molecule is C=c1[nH]c(=O)c(=Cc2ccc(OCCCCC3CCCCC3)c3ccccc23)c(=O)[nH]1. The zero-order chi connectivity index (χ0) is 21.6. The van der Waals surface area contributed by atoms with Crippen LogP contribution in [0, 0.1) is 5.92 Å². The molecule has 0 bridgehead atoms. The predicted molar refractivity (Wildman–Crippen MR) is 126 cm³/mol. The molecule has 1 heterocycles. The van der Waals surface area contributed by atoms with Gasteiger partial charge in [0.05, 0.1) is 6.61 Å². The second-order valence-corrected chi connectivity index (χ2v) is 8.49. The summed E-state index contributed by atoms with van der Waals surface area (Å²) in [6.45, 7) is 4.28. The summed E-state index contributed by atoms with van der Waals surface area (Å²) in [7, 11) is 0. The number of ether oxygens (including phenoxy) is 1. The van der Waals surface area contributed by atoms with Crippen LogP contribution in [-0.2, 0) is 0 Å². The van der Waals surface area contributed by atoms with Crippen LogP contribution in [0.2, 0.25) is 0 Å². The molecule has 162 valence electrons. The standard InChI is InChI=1S/C26H30N2O3/c1-18-27-25(29)23(26(30)28-18)17-20-14-15-24(22-13-6-5-12-21(20)22)31-16-8-7-11-19-9-3-2-4-10-19/h5-6,12-15,17,19H,1-4,7-11,16H2,(H,27,29)(H,28,30). The molecule has 0 atom stereocenters. The van der Waals surface area contributed by atoms with Crippen molar-refractivity contribution in [2.45, 2.75) is 51.4 Å². The molecule has 1 aliphatic rings. The van der Waals surface area contributed by atoms with Gasteiger partial charge in [0.25, 0.3) is 11.1 Å². The van der Waals surface area contributed by atoms with Gasteiger partial charge in [-0.25, -0.2) is 0 Å². The summed E-state index contributed by atoms with van der Waals surface area (Å²) in [5.74, 6) is 1.74. The molecule has 0 aliphatic heterocycles. The summed E-state index contributed by atoms with van der Waals surface area (Å²) in [6, 6.07) is 11.7. The number of benzene rings is 2. The van der Waals surface area contributed by atoms with Gasteiger partial charge in [0.15, 0.2) is 0 Å². The van der Waals surface area contributed by atoms with Crippen LogP contribution in [0.15, 0.2) is 46.0 Å². The third-order valence-electron chi connectivity index (χ3n) is 6.22. The number of H-pyrrole nitrogens is 2. The fourth-order valence-corrected chi connectivity index (χ4v) is 4.57. The molecule has 31 heavy (non-hydrogen) atoms. The van der Waals surface area contributed by atoms with Crippen molar-refractivity contribution in [3.8, 4) is 5.75 Å². The molecule has 0 unspecified atom stereocenters. The van der Waals surface area contributed by atoms with Crippen molar-refractivity contribution in [3.63, 3.8) is 0 Å². The van der Waals surface area contributed by atoms with Crippen molar-refractivity contribution in [1.29, 1.82) is 0 Å². The lowest BCUT2D eigenvalue weighted by atomic mass is 9.86. The lowest BCUT2D eigenvalue weighted by Gasteiger charge is -2.21. The first-order valence-corrected chi connectivity index (χ1v) is 11.3. The summed E-state index contributed by atoms with van der Waals surface area (Å²) in [4.78, 5) is 29.5. The van der Waals surface area contributed by atoms with Crippen molar-refractivity contribution in [2.24, 2.45) is 5.92 Å². The summed E-state index contributed by atoms with van der Waals surface area (Å²) in [5, 5.41) is 1.99. The van der Waals surface area contributed by atoms with Gasteiger partial charge in [-0.05, 0) is 41.9 Å². The van der Waals surface area contributed by atoms with Gasteiger partial charge in [0.1, 0.15) is 16.4 Å². The molecule has 1 aliphatic carbocycles. The largest absolute Gasteiger partial charge is 0.493 e. The highest BCUT2D eigenvalue weighted by Gasteiger charge is 2.12. The third-order valence-corrected chi connectivity index (χ3v) is 6.22. The Hall–Kier alpha value is -3.08. The molecular weight excluding hydrogens is 388 g/mol. The molecule has 0 spiro atoms. The Kier molecular flexibility index (Phi) is 6.70. The molecule has 4 rings (SSSR count). The van der Waals surface area contributed by atoms with E-state index in [1.807, 2.05) is 36.4 Å². The number of aromatic amines is 2. The van der Waals surface area contributed by atoms with Gasteiger partial charge >= 0.3 is 0 Å². The van der Waals surface area contributed by atoms with Crippen molar-refractivity contribution in [2.75, 3.05) is 6.61 Å². The first-order chi connectivity index (χ1) is 15.1. The Balaban J connectivity index is 1.51. The number of unbranched alkanes of at least 4 members (excludes halogenated alkanes) is 1. The number of hydrogen-bond donors (Lipinski definition) is 2. The van der Waals surface area contributed by atoms with Crippen LogP contribution >= 0.6 is 0 Å². The molecule has 2 N–H and O–H groups in total. The zero-order valence-electron chi connectivity index (χ0n) is 17.9. The Morgan fingerprint density at radius 1 is 0.935 bits per heavy atom. The second kappa shape index (κ2) is 9.82. The van der Waals surface area contributed by atoms with Crippen LogP contribution in [0.4, 0.5) is 0 Å². The van der Waals surface area contributed by atoms with Crippen LogP contribution in [0.5, 0.6) is 5.75 Å². The molecule has 5 nitrogen and oxygen atoms in total. The van der Waals surface area contributed by atoms with Crippen molar-refractivity contribution in [1.82, 2.24) is 9.97 Å². The average molecular weight is 419 g/mol. The minimum absolute atomic E-state index is 0.0638. The van der Waals surface area contributed by atoms with Crippen molar-refractivity contribution in [3.05, 3.63) is 73.4 Å². The van der Waals surface area contributed by atoms with E-state index in [4.69, 9.17) is 4.74 Å². The van der Waals surface area contributed by atoms with Gasteiger partial charge in [0.2, 0.25) is 0 Å². The summed E-state index contributed by atoms with van der Waals surface area (Å²) in [6.07, 6.45) is 12.2. The Labute approximate surface area is 181 Å². The van der Waals surface area contributed by atoms with E-state index in [-0.39, 0.29) is 10.7 Å². The van der Waals surface area contributed by atoms with Crippen LogP contribution in [0.3, 0.4) is 0 Å². The monoisotopic (exact) mass is 418 g/mol. The second-order valence-electron chi connectivity index (χ2n) is 8.49. The van der Waals surface area contributed by atoms with Gasteiger partial charge in [-0.1, -0.05) is 75.4 Å². The smallest absolute Gasteiger partial charge is 0.262 e. The summed E-state index contributed by atoms with van der Waals surface area (Å²) >= 11 is 0. The minimum atomic E-state index is -0.448. The highest BCUT2D eigenvalue weighted by atomic mass is 16.5. The van der Waals surface area contributed by atoms with Crippen LogP contribution < -0.4 is 26.6 Å². The minimum Gasteiger partial charge on any atom is -0.493 e. The Morgan fingerprint density at radius 2 is 1.65 bits per heavy atom. The first kappa shape index (κ1) is 21.2. The number of fused-ring (bicyclic) bond motifs is 1. The van der Waals surface area contributed by atoms with E-state index in [1.165, 1.54) is 44.9 Å². The molecule has 1 fully saturated rings. The van der Waals surface area contributed by atoms with Gasteiger partial charge in [-0.2, -0.15) is 0 Å². The van der Waals surface area contributed by atoms with Crippen LogP contribution in [0.25, 0.3) is 23.4 Å². The molecule has 1 saturated carbocycles. The third kappa shape index (κ3) is 5.16. The molecular formula is C26H30N2O3. The van der Waals surface area contributed by atoms with Crippen molar-refractivity contribution < 1.29 is 4.74 Å². The van der Waals surface area contributed by atoms with E-state index in [0.717, 1.165) is 34.4 Å². The van der Waals surface area contributed by atoms with Crippen molar-refractivity contribution >= 4 is 23.4 Å². The number of nitrogens with one attached hydrogen (secondary N) is 2. The van der Waals surface area contributed by atoms with Gasteiger partial charge in [-0.15, -0.1) is 0 Å². The molecule has 0 radical (unpaired) electrons. The van der Waals surface area contributed by atoms with Gasteiger partial charge in [0, 0.05) is 5.39 Å². The Morgan fingerprint density at radius 3 is 2.39 bits per heavy atom. The normalized spacial score (nSPS) is 14.6. The molecule has 5 heteroatoms. The number of hydrogen-bond acceptors (Lipinski definition) is 3. The lowest BCUT2D eigenvalue weighted by Crippen LogP contribution is -2.47. The molecule has 0 saturated heterocycles. The highest BCUT2D eigenvalue weighted by molar-refractivity contribution is 5.94. The zero-order valence-corrected chi connectivity index (χ0v) is 17.9. The summed E-state index contributed by atoms with van der Waals surface area (Å²) < 4.78 is 6.12. The molecule has 1 aromatic heterocycles. The van der Waals surface area contributed by atoms with Gasteiger partial charge in [-0.3, -0.25) is 9.59 Å². The molecule has 2 aromatic carbocycles. The molecule has 3 aromatic rings. The topological polar surface area (TPSA) is 75.0 Å². The maximum absolute atomic E-state index is 12.2. The number of rotatable bonds is 7. The van der Waals surface area contributed by atoms with E-state index in [1.54, 1.807) is 6.08 Å². The fraction of sp³-hybridized carbons (Fsp3) is 0.385. The fourth-order valence-electron chi connectivity index (χ4n) is 4.57. The summed E-state index contributed by atoms with van der Waals surface area (Å²) in [5.41, 5.74) is 0.101. The lowest BCUT2D eigenvalue weighted by molar-refractivity contribution is 0.286. The van der Waals surface area contributed by atoms with E-state index in [0.29, 0.717) is 6.61 Å². The highest BCUT2D eigenvalue weighted by Crippen LogP contribution is 2.30. The maximum atomic E-state index is 12.2.